The molecule has 0 radical (unpaired) electrons. The average molecular weight is 267 g/mol. The van der Waals surface area contributed by atoms with Crippen LogP contribution in [0.3, 0.4) is 0 Å². The summed E-state index contributed by atoms with van der Waals surface area (Å²) in [5.74, 6) is 0.222. The molecule has 4 nitrogen and oxygen atoms in total. The quantitative estimate of drug-likeness (QED) is 0.786. The summed E-state index contributed by atoms with van der Waals surface area (Å²) in [5.41, 5.74) is 0. The second-order valence-electron chi connectivity index (χ2n) is 4.76. The third-order valence-electron chi connectivity index (χ3n) is 3.07. The third kappa shape index (κ3) is 4.87. The van der Waals surface area contributed by atoms with Gasteiger partial charge in [0.05, 0.1) is 19.1 Å². The van der Waals surface area contributed by atoms with E-state index in [1.165, 1.54) is 12.1 Å². The van der Waals surface area contributed by atoms with Gasteiger partial charge < -0.3 is 15.2 Å². The maximum Gasteiger partial charge on any atom is 0.223 e. The molecule has 19 heavy (non-hydrogen) atoms. The lowest BCUT2D eigenvalue weighted by Crippen LogP contribution is -2.33. The molecule has 0 aliphatic heterocycles. The molecule has 1 aliphatic carbocycles. The highest BCUT2D eigenvalue weighted by Gasteiger charge is 2.29. The van der Waals surface area contributed by atoms with Crippen LogP contribution in [0.4, 0.5) is 4.39 Å². The number of nitrogens with one attached hydrogen (secondary N) is 1. The number of aliphatic hydroxyl groups is 1. The van der Waals surface area contributed by atoms with Crippen LogP contribution in [0, 0.1) is 11.7 Å². The van der Waals surface area contributed by atoms with Crippen LogP contribution in [0.2, 0.25) is 0 Å². The summed E-state index contributed by atoms with van der Waals surface area (Å²) in [5, 5.41) is 12.2. The van der Waals surface area contributed by atoms with Gasteiger partial charge in [0, 0.05) is 12.6 Å². The lowest BCUT2D eigenvalue weighted by atomic mass is 10.2. The van der Waals surface area contributed by atoms with Gasteiger partial charge in [-0.05, 0) is 30.9 Å². The number of halogens is 1. The number of hydrogen-bond acceptors (Lipinski definition) is 3. The van der Waals surface area contributed by atoms with E-state index >= 15 is 0 Å². The molecule has 1 fully saturated rings. The zero-order valence-corrected chi connectivity index (χ0v) is 10.6. The van der Waals surface area contributed by atoms with Crippen LogP contribution < -0.4 is 10.1 Å². The van der Waals surface area contributed by atoms with Crippen molar-refractivity contribution in [3.8, 4) is 5.75 Å². The van der Waals surface area contributed by atoms with Crippen molar-refractivity contribution in [3.05, 3.63) is 30.1 Å². The third-order valence-corrected chi connectivity index (χ3v) is 3.07. The Morgan fingerprint density at radius 1 is 1.53 bits per heavy atom. The van der Waals surface area contributed by atoms with E-state index in [9.17, 15) is 14.3 Å². The Morgan fingerprint density at radius 2 is 2.32 bits per heavy atom. The van der Waals surface area contributed by atoms with Crippen molar-refractivity contribution >= 4 is 5.91 Å². The van der Waals surface area contributed by atoms with Gasteiger partial charge in [0.2, 0.25) is 5.91 Å². The van der Waals surface area contributed by atoms with E-state index in [2.05, 4.69) is 5.32 Å². The normalized spacial score (nSPS) is 15.9. The lowest BCUT2D eigenvalue weighted by Gasteiger charge is -2.11. The van der Waals surface area contributed by atoms with Crippen molar-refractivity contribution in [2.24, 2.45) is 5.92 Å². The molecule has 1 aliphatic rings. The van der Waals surface area contributed by atoms with Crippen molar-refractivity contribution in [2.75, 3.05) is 13.2 Å². The minimum atomic E-state index is -0.437. The van der Waals surface area contributed by atoms with Crippen LogP contribution in [-0.4, -0.2) is 30.3 Å². The highest BCUT2D eigenvalue weighted by atomic mass is 19.1. The molecule has 1 saturated carbocycles. The maximum absolute atomic E-state index is 12.9. The second kappa shape index (κ2) is 6.52. The molecule has 0 bridgehead atoms. The molecule has 0 heterocycles. The fourth-order valence-corrected chi connectivity index (χ4v) is 1.77. The molecule has 0 aromatic heterocycles. The van der Waals surface area contributed by atoms with Gasteiger partial charge in [-0.3, -0.25) is 4.79 Å². The second-order valence-corrected chi connectivity index (χ2v) is 4.76. The van der Waals surface area contributed by atoms with Gasteiger partial charge in [0.1, 0.15) is 11.6 Å². The summed E-state index contributed by atoms with van der Waals surface area (Å²) in [6, 6.07) is 5.79. The summed E-state index contributed by atoms with van der Waals surface area (Å²) in [6.45, 7) is 0.484. The fourth-order valence-electron chi connectivity index (χ4n) is 1.77. The Morgan fingerprint density at radius 3 is 3.00 bits per heavy atom. The number of benzene rings is 1. The van der Waals surface area contributed by atoms with Crippen molar-refractivity contribution in [1.29, 1.82) is 0 Å². The first kappa shape index (κ1) is 13.8. The van der Waals surface area contributed by atoms with Gasteiger partial charge in [-0.15, -0.1) is 0 Å². The van der Waals surface area contributed by atoms with E-state index in [1.807, 2.05) is 0 Å². The van der Waals surface area contributed by atoms with Crippen LogP contribution in [0.15, 0.2) is 24.3 Å². The Kier molecular flexibility index (Phi) is 4.74. The molecule has 1 amide bonds. The van der Waals surface area contributed by atoms with E-state index in [-0.39, 0.29) is 24.8 Å². The smallest absolute Gasteiger partial charge is 0.223 e. The molecule has 0 spiro atoms. The van der Waals surface area contributed by atoms with Gasteiger partial charge in [-0.2, -0.15) is 0 Å². The van der Waals surface area contributed by atoms with Crippen molar-refractivity contribution < 1.29 is 19.0 Å². The number of aliphatic hydroxyl groups excluding tert-OH is 1. The monoisotopic (exact) mass is 267 g/mol. The van der Waals surface area contributed by atoms with Crippen LogP contribution in [-0.2, 0) is 4.79 Å². The van der Waals surface area contributed by atoms with Crippen LogP contribution in [0.5, 0.6) is 5.75 Å². The standard InChI is InChI=1S/C14H18FNO3/c15-11-2-1-3-12(8-11)19-7-6-14(18)16-9-13(17)10-4-5-10/h1-3,8,10,13,17H,4-7,9H2,(H,16,18). The molecule has 2 N–H and O–H groups in total. The number of amides is 1. The first-order chi connectivity index (χ1) is 9.15. The summed E-state index contributed by atoms with van der Waals surface area (Å²) in [7, 11) is 0. The van der Waals surface area contributed by atoms with Crippen LogP contribution in [0.1, 0.15) is 19.3 Å². The van der Waals surface area contributed by atoms with Gasteiger partial charge >= 0.3 is 0 Å². The minimum Gasteiger partial charge on any atom is -0.493 e. The largest absolute Gasteiger partial charge is 0.493 e. The SMILES string of the molecule is O=C(CCOc1cccc(F)c1)NCC(O)C1CC1. The summed E-state index contributed by atoms with van der Waals surface area (Å²) >= 11 is 0. The highest BCUT2D eigenvalue weighted by molar-refractivity contribution is 5.76. The van der Waals surface area contributed by atoms with Gasteiger partial charge in [-0.25, -0.2) is 4.39 Å². The average Bonchev–Trinajstić information content (AvgIpc) is 3.20. The van der Waals surface area contributed by atoms with Gasteiger partial charge in [0.25, 0.3) is 0 Å². The van der Waals surface area contributed by atoms with E-state index < -0.39 is 6.10 Å². The molecule has 104 valence electrons. The topological polar surface area (TPSA) is 58.6 Å². The molecule has 0 saturated heterocycles. The first-order valence-corrected chi connectivity index (χ1v) is 6.48. The van der Waals surface area contributed by atoms with Crippen LogP contribution >= 0.6 is 0 Å². The molecular weight excluding hydrogens is 249 g/mol. The first-order valence-electron chi connectivity index (χ1n) is 6.48. The summed E-state index contributed by atoms with van der Waals surface area (Å²) in [4.78, 5) is 11.5. The molecular formula is C14H18FNO3. The molecule has 1 aromatic rings. The van der Waals surface area contributed by atoms with Crippen molar-refractivity contribution in [2.45, 2.75) is 25.4 Å². The molecule has 1 atom stereocenters. The number of carbonyl (C=O) groups is 1. The number of carbonyl (C=O) groups excluding carboxylic acids is 1. The molecule has 5 heteroatoms. The van der Waals surface area contributed by atoms with E-state index in [1.54, 1.807) is 12.1 Å². The zero-order chi connectivity index (χ0) is 13.7. The van der Waals surface area contributed by atoms with E-state index in [0.29, 0.717) is 18.2 Å². The molecule has 1 unspecified atom stereocenters. The number of hydrogen-bond donors (Lipinski definition) is 2. The van der Waals surface area contributed by atoms with Gasteiger partial charge in [0.15, 0.2) is 0 Å². The van der Waals surface area contributed by atoms with Crippen molar-refractivity contribution in [3.63, 3.8) is 0 Å². The van der Waals surface area contributed by atoms with Crippen molar-refractivity contribution in [1.82, 2.24) is 5.32 Å². The molecule has 1 aromatic carbocycles. The summed E-state index contributed by atoms with van der Waals surface area (Å²) < 4.78 is 18.1. The Balaban J connectivity index is 1.60. The lowest BCUT2D eigenvalue weighted by molar-refractivity contribution is -0.122. The minimum absolute atomic E-state index is 0.170. The summed E-state index contributed by atoms with van der Waals surface area (Å²) in [6.07, 6.45) is 1.83. The Labute approximate surface area is 111 Å². The van der Waals surface area contributed by atoms with Gasteiger partial charge in [-0.1, -0.05) is 6.07 Å². The Hall–Kier alpha value is -1.62. The predicted octanol–water partition coefficient (Wildman–Crippen LogP) is 1.48. The zero-order valence-electron chi connectivity index (χ0n) is 10.6. The van der Waals surface area contributed by atoms with E-state index in [4.69, 9.17) is 4.74 Å². The predicted molar refractivity (Wildman–Crippen MR) is 68.3 cm³/mol. The highest BCUT2D eigenvalue weighted by Crippen LogP contribution is 2.32. The maximum atomic E-state index is 12.9. The fraction of sp³-hybridized carbons (Fsp3) is 0.500. The molecule has 2 rings (SSSR count). The van der Waals surface area contributed by atoms with Crippen LogP contribution in [0.25, 0.3) is 0 Å². The number of rotatable bonds is 7. The Bertz CT molecular complexity index is 434. The van der Waals surface area contributed by atoms with E-state index in [0.717, 1.165) is 12.8 Å². The number of ether oxygens (including phenoxy) is 1.